The van der Waals surface area contributed by atoms with Crippen molar-refractivity contribution in [2.75, 3.05) is 11.9 Å². The first kappa shape index (κ1) is 27.3. The van der Waals surface area contributed by atoms with E-state index in [1.807, 2.05) is 56.3 Å². The standard InChI is InChI=1S/C30H32N2O5/c1-4-9-24-16-21(5-2)17-26(28(24)37-20-27(33)36-19-23-10-7-6-8-11-23)30(3,29(34)35)32-25-14-12-22(18-31)13-15-25/h6-8,10-17,32H,4-5,9,19-20H2,1-3H3,(H,34,35). The quantitative estimate of drug-likeness (QED) is 0.311. The summed E-state index contributed by atoms with van der Waals surface area (Å²) in [5.74, 6) is -1.29. The van der Waals surface area contributed by atoms with Gasteiger partial charge in [0.1, 0.15) is 12.4 Å². The number of aliphatic carboxylic acids is 1. The zero-order chi connectivity index (χ0) is 26.8. The number of carbonyl (C=O) groups is 2. The van der Waals surface area contributed by atoms with E-state index in [9.17, 15) is 14.7 Å². The number of ether oxygens (including phenoxy) is 2. The van der Waals surface area contributed by atoms with Gasteiger partial charge in [-0.1, -0.05) is 56.7 Å². The van der Waals surface area contributed by atoms with Crippen LogP contribution in [0.5, 0.6) is 5.75 Å². The highest BCUT2D eigenvalue weighted by Crippen LogP contribution is 2.38. The van der Waals surface area contributed by atoms with Gasteiger partial charge < -0.3 is 19.9 Å². The van der Waals surface area contributed by atoms with Gasteiger partial charge in [-0.2, -0.15) is 5.26 Å². The third kappa shape index (κ3) is 6.89. The number of hydrogen-bond donors (Lipinski definition) is 2. The summed E-state index contributed by atoms with van der Waals surface area (Å²) >= 11 is 0. The molecule has 0 heterocycles. The number of aryl methyl sites for hydroxylation is 2. The van der Waals surface area contributed by atoms with Crippen molar-refractivity contribution in [2.24, 2.45) is 0 Å². The van der Waals surface area contributed by atoms with Gasteiger partial charge in [-0.05, 0) is 66.8 Å². The van der Waals surface area contributed by atoms with Crippen molar-refractivity contribution >= 4 is 17.6 Å². The largest absolute Gasteiger partial charge is 0.481 e. The number of carbonyl (C=O) groups excluding carboxylic acids is 1. The van der Waals surface area contributed by atoms with E-state index in [4.69, 9.17) is 14.7 Å². The van der Waals surface area contributed by atoms with Crippen molar-refractivity contribution in [2.45, 2.75) is 52.2 Å². The molecule has 2 N–H and O–H groups in total. The second-order valence-corrected chi connectivity index (χ2v) is 8.91. The van der Waals surface area contributed by atoms with Crippen LogP contribution in [0.2, 0.25) is 0 Å². The fraction of sp³-hybridized carbons (Fsp3) is 0.300. The molecule has 0 saturated carbocycles. The Balaban J connectivity index is 1.95. The Kier molecular flexibility index (Phi) is 9.28. The van der Waals surface area contributed by atoms with Crippen molar-refractivity contribution in [3.8, 4) is 11.8 Å². The zero-order valence-corrected chi connectivity index (χ0v) is 21.4. The number of nitrogens with zero attached hydrogens (tertiary/aromatic N) is 1. The van der Waals surface area contributed by atoms with Gasteiger partial charge >= 0.3 is 11.9 Å². The van der Waals surface area contributed by atoms with E-state index in [2.05, 4.69) is 11.4 Å². The number of benzene rings is 3. The number of anilines is 1. The molecule has 0 radical (unpaired) electrons. The Bertz CT molecular complexity index is 1270. The summed E-state index contributed by atoms with van der Waals surface area (Å²) in [5, 5.41) is 22.6. The fourth-order valence-electron chi connectivity index (χ4n) is 4.02. The van der Waals surface area contributed by atoms with Gasteiger partial charge in [-0.3, -0.25) is 0 Å². The molecule has 0 aliphatic heterocycles. The van der Waals surface area contributed by atoms with Crippen LogP contribution in [0.1, 0.15) is 55.0 Å². The van der Waals surface area contributed by atoms with Crippen LogP contribution in [0.15, 0.2) is 66.7 Å². The van der Waals surface area contributed by atoms with Gasteiger partial charge in [-0.25, -0.2) is 9.59 Å². The van der Waals surface area contributed by atoms with E-state index in [0.717, 1.165) is 23.1 Å². The Morgan fingerprint density at radius 1 is 1.03 bits per heavy atom. The summed E-state index contributed by atoms with van der Waals surface area (Å²) in [6.07, 6.45) is 2.17. The Hall–Kier alpha value is -4.31. The van der Waals surface area contributed by atoms with Crippen LogP contribution in [-0.4, -0.2) is 23.7 Å². The topological polar surface area (TPSA) is 109 Å². The second-order valence-electron chi connectivity index (χ2n) is 8.91. The number of rotatable bonds is 12. The van der Waals surface area contributed by atoms with Gasteiger partial charge in [0, 0.05) is 11.3 Å². The monoisotopic (exact) mass is 500 g/mol. The SMILES string of the molecule is CCCc1cc(CC)cc(C(C)(Nc2ccc(C#N)cc2)C(=O)O)c1OCC(=O)OCc1ccccc1. The predicted octanol–water partition coefficient (Wildman–Crippen LogP) is 5.61. The van der Waals surface area contributed by atoms with E-state index in [0.29, 0.717) is 35.4 Å². The molecule has 0 aromatic heterocycles. The molecule has 3 aromatic carbocycles. The first-order chi connectivity index (χ1) is 17.8. The molecule has 3 aromatic rings. The number of carboxylic acids is 1. The van der Waals surface area contributed by atoms with Crippen molar-refractivity contribution in [3.63, 3.8) is 0 Å². The third-order valence-corrected chi connectivity index (χ3v) is 6.10. The van der Waals surface area contributed by atoms with E-state index in [1.54, 1.807) is 31.2 Å². The first-order valence-corrected chi connectivity index (χ1v) is 12.3. The number of esters is 1. The fourth-order valence-corrected chi connectivity index (χ4v) is 4.02. The molecule has 0 spiro atoms. The minimum absolute atomic E-state index is 0.125. The van der Waals surface area contributed by atoms with E-state index in [1.165, 1.54) is 0 Å². The molecular formula is C30H32N2O5. The third-order valence-electron chi connectivity index (χ3n) is 6.10. The molecular weight excluding hydrogens is 468 g/mol. The van der Waals surface area contributed by atoms with Gasteiger partial charge in [0.2, 0.25) is 0 Å². The van der Waals surface area contributed by atoms with Crippen molar-refractivity contribution in [3.05, 3.63) is 94.5 Å². The maximum atomic E-state index is 12.7. The molecule has 0 aliphatic carbocycles. The van der Waals surface area contributed by atoms with Gasteiger partial charge in [0.15, 0.2) is 12.1 Å². The maximum Gasteiger partial charge on any atom is 0.344 e. The van der Waals surface area contributed by atoms with Gasteiger partial charge in [-0.15, -0.1) is 0 Å². The maximum absolute atomic E-state index is 12.7. The number of nitriles is 1. The minimum Gasteiger partial charge on any atom is -0.481 e. The lowest BCUT2D eigenvalue weighted by molar-refractivity contribution is -0.147. The van der Waals surface area contributed by atoms with Gasteiger partial charge in [0.25, 0.3) is 0 Å². The molecule has 37 heavy (non-hydrogen) atoms. The number of carboxylic acid groups (broad SMARTS) is 1. The molecule has 0 fully saturated rings. The second kappa shape index (κ2) is 12.6. The lowest BCUT2D eigenvalue weighted by Crippen LogP contribution is -2.41. The Morgan fingerprint density at radius 2 is 1.73 bits per heavy atom. The lowest BCUT2D eigenvalue weighted by atomic mass is 9.86. The smallest absolute Gasteiger partial charge is 0.344 e. The van der Waals surface area contributed by atoms with Crippen LogP contribution in [0.3, 0.4) is 0 Å². The highest BCUT2D eigenvalue weighted by Gasteiger charge is 2.39. The predicted molar refractivity (Wildman–Crippen MR) is 141 cm³/mol. The first-order valence-electron chi connectivity index (χ1n) is 12.3. The molecule has 3 rings (SSSR count). The van der Waals surface area contributed by atoms with E-state index >= 15 is 0 Å². The summed E-state index contributed by atoms with van der Waals surface area (Å²) in [5.41, 5.74) is 2.51. The van der Waals surface area contributed by atoms with E-state index < -0.39 is 17.5 Å². The van der Waals surface area contributed by atoms with Crippen molar-refractivity contribution in [1.82, 2.24) is 0 Å². The molecule has 192 valence electrons. The molecule has 1 unspecified atom stereocenters. The van der Waals surface area contributed by atoms with Gasteiger partial charge in [0.05, 0.1) is 11.6 Å². The number of nitrogens with one attached hydrogen (secondary N) is 1. The highest BCUT2D eigenvalue weighted by atomic mass is 16.6. The van der Waals surface area contributed by atoms with Crippen LogP contribution in [0.4, 0.5) is 5.69 Å². The molecule has 0 aliphatic rings. The molecule has 0 amide bonds. The van der Waals surface area contributed by atoms with Crippen LogP contribution in [0, 0.1) is 11.3 Å². The average molecular weight is 501 g/mol. The summed E-state index contributed by atoms with van der Waals surface area (Å²) in [7, 11) is 0. The molecule has 1 atom stereocenters. The van der Waals surface area contributed by atoms with Crippen LogP contribution >= 0.6 is 0 Å². The summed E-state index contributed by atoms with van der Waals surface area (Å²) in [6, 6.07) is 21.8. The van der Waals surface area contributed by atoms with Crippen molar-refractivity contribution in [1.29, 1.82) is 5.26 Å². The highest BCUT2D eigenvalue weighted by molar-refractivity contribution is 5.86. The molecule has 0 bridgehead atoms. The summed E-state index contributed by atoms with van der Waals surface area (Å²) < 4.78 is 11.4. The van der Waals surface area contributed by atoms with Crippen LogP contribution in [-0.2, 0) is 39.3 Å². The lowest BCUT2D eigenvalue weighted by Gasteiger charge is -2.31. The summed E-state index contributed by atoms with van der Waals surface area (Å²) in [6.45, 7) is 5.37. The van der Waals surface area contributed by atoms with Crippen molar-refractivity contribution < 1.29 is 24.2 Å². The van der Waals surface area contributed by atoms with Crippen LogP contribution in [0.25, 0.3) is 0 Å². The normalized spacial score (nSPS) is 12.2. The molecule has 7 heteroatoms. The Morgan fingerprint density at radius 3 is 2.32 bits per heavy atom. The van der Waals surface area contributed by atoms with Crippen LogP contribution < -0.4 is 10.1 Å². The molecule has 0 saturated heterocycles. The summed E-state index contributed by atoms with van der Waals surface area (Å²) in [4.78, 5) is 25.2. The average Bonchev–Trinajstić information content (AvgIpc) is 2.91. The zero-order valence-electron chi connectivity index (χ0n) is 21.4. The number of hydrogen-bond acceptors (Lipinski definition) is 6. The molecule has 7 nitrogen and oxygen atoms in total. The van der Waals surface area contributed by atoms with E-state index in [-0.39, 0.29) is 13.2 Å². The Labute approximate surface area is 217 Å². The minimum atomic E-state index is -1.58.